The lowest BCUT2D eigenvalue weighted by Crippen LogP contribution is -2.44. The molecule has 0 N–H and O–H groups in total. The highest BCUT2D eigenvalue weighted by Crippen LogP contribution is 2.58. The molecule has 0 amide bonds. The van der Waals surface area contributed by atoms with Gasteiger partial charge in [0.05, 0.1) is 0 Å². The molecule has 0 nitrogen and oxygen atoms in total. The Morgan fingerprint density at radius 2 is 0.564 bits per heavy atom. The van der Waals surface area contributed by atoms with E-state index in [-0.39, 0.29) is 30.5 Å². The third-order valence-electron chi connectivity index (χ3n) is 24.5. The maximum Gasteiger partial charge on any atom is 0.0303 e. The van der Waals surface area contributed by atoms with Gasteiger partial charge < -0.3 is 0 Å². The summed E-state index contributed by atoms with van der Waals surface area (Å²) in [5, 5.41) is 0. The molecule has 0 aromatic heterocycles. The summed E-state index contributed by atoms with van der Waals surface area (Å²) in [7, 11) is 0. The topological polar surface area (TPSA) is 0 Å². The maximum atomic E-state index is 7.97. The van der Waals surface area contributed by atoms with E-state index in [1.54, 1.807) is 34.6 Å². The van der Waals surface area contributed by atoms with E-state index in [4.69, 9.17) is 21.9 Å². The van der Waals surface area contributed by atoms with E-state index < -0.39 is 37.8 Å². The van der Waals surface area contributed by atoms with Crippen molar-refractivity contribution in [3.05, 3.63) is 0 Å². The number of fused-ring (bicyclic) bond motifs is 8. The van der Waals surface area contributed by atoms with Crippen LogP contribution in [0.15, 0.2) is 0 Å². The monoisotopic (exact) mass is 1100 g/mol. The summed E-state index contributed by atoms with van der Waals surface area (Å²) in [5.41, 5.74) is 0. The summed E-state index contributed by atoms with van der Waals surface area (Å²) in [6, 6.07) is 0. The van der Waals surface area contributed by atoms with Gasteiger partial charge in [-0.15, -0.1) is 0 Å². The fourth-order valence-electron chi connectivity index (χ4n) is 19.9. The molecule has 12 bridgehead atoms. The van der Waals surface area contributed by atoms with Crippen molar-refractivity contribution >= 4 is 0 Å². The van der Waals surface area contributed by atoms with Crippen LogP contribution in [0.5, 0.6) is 0 Å². The Kier molecular flexibility index (Phi) is 21.4. The average molecular weight is 1100 g/mol. The molecule has 0 aromatic rings. The summed E-state index contributed by atoms with van der Waals surface area (Å²) in [6.45, 7) is 16.8. The van der Waals surface area contributed by atoms with Gasteiger partial charge in [-0.05, 0) is 240 Å². The lowest BCUT2D eigenvalue weighted by atomic mass is 9.51. The molecule has 0 aliphatic heterocycles. The van der Waals surface area contributed by atoms with Crippen LogP contribution in [0.1, 0.15) is 392 Å². The highest BCUT2D eigenvalue weighted by molar-refractivity contribution is 4.98. The van der Waals surface area contributed by atoms with Crippen LogP contribution in [0.4, 0.5) is 0 Å². The van der Waals surface area contributed by atoms with Crippen LogP contribution in [0, 0.1) is 124 Å². The fraction of sp³-hybridized carbons (Fsp3) is 1.00. The predicted molar refractivity (Wildman–Crippen MR) is 346 cm³/mol. The number of rotatable bonds is 9. The highest BCUT2D eigenvalue weighted by Gasteiger charge is 2.48. The van der Waals surface area contributed by atoms with Crippen molar-refractivity contribution in [1.82, 2.24) is 0 Å². The second-order valence-corrected chi connectivity index (χ2v) is 29.0. The van der Waals surface area contributed by atoms with Gasteiger partial charge in [-0.2, -0.15) is 0 Å². The van der Waals surface area contributed by atoms with E-state index >= 15 is 0 Å². The average Bonchev–Trinajstić information content (AvgIpc) is 0.829. The Hall–Kier alpha value is 0. The van der Waals surface area contributed by atoms with E-state index in [1.165, 1.54) is 161 Å². The lowest BCUT2D eigenvalue weighted by molar-refractivity contribution is -0.0376. The minimum Gasteiger partial charge on any atom is -0.0651 e. The summed E-state index contributed by atoms with van der Waals surface area (Å²) < 4.78 is 123. The molecule has 18 rings (SSSR count). The summed E-state index contributed by atoms with van der Waals surface area (Å²) in [6.07, 6.45) is 45.4. The Balaban J connectivity index is 0.000000150. The minimum absolute atomic E-state index is 0.0139. The summed E-state index contributed by atoms with van der Waals surface area (Å²) in [5.74, 6) is 10.6. The quantitative estimate of drug-likeness (QED) is 0.216. The van der Waals surface area contributed by atoms with Gasteiger partial charge in [-0.3, -0.25) is 0 Å². The van der Waals surface area contributed by atoms with Crippen LogP contribution in [-0.2, 0) is 0 Å². The van der Waals surface area contributed by atoms with Crippen LogP contribution in [0.3, 0.4) is 0 Å². The molecule has 78 heavy (non-hydrogen) atoms. The third kappa shape index (κ3) is 20.1. The van der Waals surface area contributed by atoms with E-state index in [2.05, 4.69) is 13.8 Å². The zero-order valence-electron chi connectivity index (χ0n) is 69.5. The van der Waals surface area contributed by atoms with Gasteiger partial charge in [0.1, 0.15) is 0 Å². The number of hydrogen-bond acceptors (Lipinski definition) is 0. The Morgan fingerprint density at radius 3 is 0.821 bits per heavy atom. The van der Waals surface area contributed by atoms with Crippen LogP contribution >= 0.6 is 0 Å². The number of hydrogen-bond donors (Lipinski definition) is 0. The molecule has 18 aliphatic rings. The molecule has 0 saturated heterocycles. The zero-order valence-corrected chi connectivity index (χ0v) is 53.5. The van der Waals surface area contributed by atoms with Crippen molar-refractivity contribution in [2.45, 2.75) is 370 Å². The van der Waals surface area contributed by atoms with Gasteiger partial charge in [0.25, 0.3) is 0 Å². The fourth-order valence-corrected chi connectivity index (χ4v) is 19.9. The molecule has 0 aromatic carbocycles. The minimum atomic E-state index is -0.928. The van der Waals surface area contributed by atoms with Gasteiger partial charge in [-0.25, -0.2) is 0 Å². The van der Waals surface area contributed by atoms with Gasteiger partial charge in [0.15, 0.2) is 0 Å². The van der Waals surface area contributed by atoms with Crippen molar-refractivity contribution in [2.24, 2.45) is 124 Å². The van der Waals surface area contributed by atoms with E-state index in [0.29, 0.717) is 35.5 Å². The second-order valence-electron chi connectivity index (χ2n) is 29.0. The van der Waals surface area contributed by atoms with Gasteiger partial charge in [0.2, 0.25) is 0 Å². The molecular formula is C78H144. The zero-order chi connectivity index (χ0) is 69.5. The molecule has 0 spiro atoms. The molecule has 0 radical (unpaired) electrons. The second kappa shape index (κ2) is 36.1. The van der Waals surface area contributed by atoms with Crippen molar-refractivity contribution in [3.8, 4) is 0 Å². The first-order valence-electron chi connectivity index (χ1n) is 43.7. The smallest absolute Gasteiger partial charge is 0.0303 e. The van der Waals surface area contributed by atoms with E-state index in [0.717, 1.165) is 168 Å². The van der Waals surface area contributed by atoms with Gasteiger partial charge in [0, 0.05) is 21.9 Å². The Morgan fingerprint density at radius 1 is 0.244 bits per heavy atom. The normalized spacial score (nSPS) is 46.4. The van der Waals surface area contributed by atoms with Crippen molar-refractivity contribution in [3.63, 3.8) is 0 Å². The maximum absolute atomic E-state index is 7.97. The first-order chi connectivity index (χ1) is 43.7. The molecule has 8 unspecified atom stereocenters. The van der Waals surface area contributed by atoms with Gasteiger partial charge >= 0.3 is 0 Å². The first-order valence-corrected chi connectivity index (χ1v) is 35.5. The predicted octanol–water partition coefficient (Wildman–Crippen LogP) is 25.9. The Labute approximate surface area is 514 Å². The Bertz CT molecular complexity index is 2110. The van der Waals surface area contributed by atoms with Crippen molar-refractivity contribution < 1.29 is 21.9 Å². The molecular weight excluding hydrogens is 937 g/mol. The van der Waals surface area contributed by atoms with Crippen LogP contribution in [-0.4, -0.2) is 0 Å². The lowest BCUT2D eigenvalue weighted by Gasteiger charge is -2.54. The highest BCUT2D eigenvalue weighted by atomic mass is 14.5. The first kappa shape index (κ1) is 46.2. The molecule has 0 heteroatoms. The largest absolute Gasteiger partial charge is 0.0651 e. The standard InChI is InChI=1S/C12H20.C10H18.2C9H16.C8H14.2C8H16.2C7H14/c1-2-12-10-4-8-3-9(6-10)7-11(12)5-8;1-2-9-7-8-3-5-10(9)6-4-8;1-2-8-5-7-3-4-9(8)6-7;1-2-9-7-3-4-8(9)6-5-7;1-2-8-6-3-4-7(8)5-6;2*1-2-8-6-4-3-5-7-8;2*1-2-7-5-3-4-6-7/h8-12H,2-7H2,1H3;8-10H,2-7H2,1H3;2*7-9H,2-6H2,1H3;6-8H,2-5H2,1H3;2*8H,2-7H2,1H3;2*7H,2-6H2,1H3/i5*2D2;2D,8D;8D;2D,7D;7D. The SMILES string of the molecule is [2H]C(C)C1([2H])CCCC1.[2H]C(C)C1([2H])CCCCC1.[2H]C([2H])(C)C1C2CC3CC(C2)CC1C3.[2H]C([2H])(C)C1C2CCC1C2.[2H]C([2H])(C)C1C2CCC1CC2.[2H]C([2H])(C)C1CC2CCC1C2.[2H]C([2H])(C)C1CC2CCC1CC2.[2H]C1(CC)CCCC1.[2H]C1(CC)CCCCC1. The molecule has 18 aliphatic carbocycles. The third-order valence-corrected chi connectivity index (χ3v) is 24.5. The van der Waals surface area contributed by atoms with Gasteiger partial charge in [-0.1, -0.05) is 255 Å². The van der Waals surface area contributed by atoms with Crippen LogP contribution < -0.4 is 0 Å². The van der Waals surface area contributed by atoms with Crippen molar-refractivity contribution in [2.75, 3.05) is 0 Å². The molecule has 18 fully saturated rings. The molecule has 18 saturated carbocycles. The van der Waals surface area contributed by atoms with Crippen molar-refractivity contribution in [1.29, 1.82) is 0 Å². The van der Waals surface area contributed by atoms with Crippen LogP contribution in [0.25, 0.3) is 0 Å². The van der Waals surface area contributed by atoms with Crippen LogP contribution in [0.2, 0.25) is 0 Å². The molecule has 8 atom stereocenters. The van der Waals surface area contributed by atoms with E-state index in [9.17, 15) is 0 Å². The van der Waals surface area contributed by atoms with E-state index in [1.807, 2.05) is 13.8 Å². The summed E-state index contributed by atoms with van der Waals surface area (Å²) >= 11 is 0. The summed E-state index contributed by atoms with van der Waals surface area (Å²) in [4.78, 5) is 0. The molecule has 0 heterocycles. The molecule has 456 valence electrons.